The van der Waals surface area contributed by atoms with Crippen LogP contribution in [-0.2, 0) is 32.6 Å². The number of amides is 2. The predicted molar refractivity (Wildman–Crippen MR) is 163 cm³/mol. The second-order valence-corrected chi connectivity index (χ2v) is 13.6. The van der Waals surface area contributed by atoms with Crippen LogP contribution in [0.15, 0.2) is 72.8 Å². The molecule has 1 N–H and O–H groups in total. The van der Waals surface area contributed by atoms with Gasteiger partial charge >= 0.3 is 0 Å². The molecule has 0 saturated heterocycles. The molecule has 0 saturated carbocycles. The highest BCUT2D eigenvalue weighted by Gasteiger charge is 2.35. The van der Waals surface area contributed by atoms with Crippen LogP contribution in [0.3, 0.4) is 0 Å². The summed E-state index contributed by atoms with van der Waals surface area (Å²) in [6.07, 6.45) is 0.255. The van der Waals surface area contributed by atoms with Crippen LogP contribution < -0.4 is 19.1 Å². The van der Waals surface area contributed by atoms with Crippen LogP contribution in [-0.4, -0.2) is 55.8 Å². The molecule has 1 aliphatic heterocycles. The summed E-state index contributed by atoms with van der Waals surface area (Å²) in [6, 6.07) is 21.1. The van der Waals surface area contributed by atoms with Gasteiger partial charge < -0.3 is 19.7 Å². The highest BCUT2D eigenvalue weighted by atomic mass is 32.2. The molecule has 0 aromatic heterocycles. The van der Waals surface area contributed by atoms with Crippen molar-refractivity contribution < 1.29 is 27.5 Å². The molecule has 10 heteroatoms. The molecule has 0 aliphatic carbocycles. The third-order valence-corrected chi connectivity index (χ3v) is 8.61. The first-order valence-electron chi connectivity index (χ1n) is 14.0. The van der Waals surface area contributed by atoms with Crippen molar-refractivity contribution in [3.63, 3.8) is 0 Å². The maximum absolute atomic E-state index is 14.3. The average molecular weight is 594 g/mol. The van der Waals surface area contributed by atoms with E-state index in [0.29, 0.717) is 11.5 Å². The fourth-order valence-corrected chi connectivity index (χ4v) is 5.71. The number of nitrogens with zero attached hydrogens (tertiary/aromatic N) is 2. The summed E-state index contributed by atoms with van der Waals surface area (Å²) in [7, 11) is -3.88. The lowest BCUT2D eigenvalue weighted by molar-refractivity contribution is -0.140. The summed E-state index contributed by atoms with van der Waals surface area (Å²) in [6.45, 7) is 8.81. The van der Waals surface area contributed by atoms with Crippen molar-refractivity contribution in [2.24, 2.45) is 0 Å². The Bertz CT molecular complexity index is 1500. The number of rotatable bonds is 11. The number of carbonyl (C=O) groups is 2. The van der Waals surface area contributed by atoms with Gasteiger partial charge in [-0.25, -0.2) is 8.42 Å². The Morgan fingerprint density at radius 3 is 2.24 bits per heavy atom. The summed E-state index contributed by atoms with van der Waals surface area (Å²) in [5, 5.41) is 3.03. The van der Waals surface area contributed by atoms with Crippen molar-refractivity contribution in [3.8, 4) is 11.5 Å². The molecule has 0 fully saturated rings. The predicted octanol–water partition coefficient (Wildman–Crippen LogP) is 4.43. The Morgan fingerprint density at radius 1 is 0.929 bits per heavy atom. The molecule has 9 nitrogen and oxygen atoms in total. The van der Waals surface area contributed by atoms with Crippen LogP contribution in [0.4, 0.5) is 5.69 Å². The van der Waals surface area contributed by atoms with E-state index in [1.807, 2.05) is 82.3 Å². The second-order valence-electron chi connectivity index (χ2n) is 11.4. The Labute approximate surface area is 248 Å². The minimum absolute atomic E-state index is 0.0344. The smallest absolute Gasteiger partial charge is 0.244 e. The largest absolute Gasteiger partial charge is 0.454 e. The second kappa shape index (κ2) is 12.9. The first-order valence-corrected chi connectivity index (χ1v) is 15.6. The van der Waals surface area contributed by atoms with Gasteiger partial charge in [0.2, 0.25) is 28.6 Å². The van der Waals surface area contributed by atoms with Crippen molar-refractivity contribution in [1.82, 2.24) is 10.2 Å². The van der Waals surface area contributed by atoms with E-state index in [2.05, 4.69) is 5.32 Å². The molecule has 1 aliphatic rings. The number of hydrogen-bond acceptors (Lipinski definition) is 6. The summed E-state index contributed by atoms with van der Waals surface area (Å²) < 4.78 is 38.6. The standard InChI is InChI=1S/C32H39N3O6S/c1-6-42(38,39)35(26-16-17-28-29(19-26)41-22-40-28)21-30(36)34(20-25-14-12-23(2)13-15-25)27(31(37)33-32(3,4)5)18-24-10-8-7-9-11-24/h7-17,19,27H,6,18,20-22H2,1-5H3,(H,33,37)/t27-/m0/s1. The van der Waals surface area contributed by atoms with E-state index >= 15 is 0 Å². The number of nitrogens with one attached hydrogen (secondary N) is 1. The molecule has 42 heavy (non-hydrogen) atoms. The number of sulfonamides is 1. The van der Waals surface area contributed by atoms with Crippen LogP contribution in [0.25, 0.3) is 0 Å². The van der Waals surface area contributed by atoms with Crippen LogP contribution >= 0.6 is 0 Å². The molecule has 0 spiro atoms. The van der Waals surface area contributed by atoms with Gasteiger partial charge in [-0.1, -0.05) is 60.2 Å². The quantitative estimate of drug-likeness (QED) is 0.353. The zero-order valence-electron chi connectivity index (χ0n) is 24.8. The fraction of sp³-hybridized carbons (Fsp3) is 0.375. The SMILES string of the molecule is CCS(=O)(=O)N(CC(=O)N(Cc1ccc(C)cc1)[C@@H](Cc1ccccc1)C(=O)NC(C)(C)C)c1ccc2c(c1)OCO2. The topological polar surface area (TPSA) is 105 Å². The lowest BCUT2D eigenvalue weighted by Gasteiger charge is -2.35. The lowest BCUT2D eigenvalue weighted by atomic mass is 10.0. The molecule has 3 aromatic carbocycles. The number of benzene rings is 3. The van der Waals surface area contributed by atoms with E-state index in [4.69, 9.17) is 9.47 Å². The van der Waals surface area contributed by atoms with Gasteiger partial charge in [0.1, 0.15) is 12.6 Å². The van der Waals surface area contributed by atoms with Crippen LogP contribution in [0.5, 0.6) is 11.5 Å². The summed E-state index contributed by atoms with van der Waals surface area (Å²) >= 11 is 0. The monoisotopic (exact) mass is 593 g/mol. The van der Waals surface area contributed by atoms with Gasteiger partial charge in [0.15, 0.2) is 11.5 Å². The molecule has 3 aromatic rings. The van der Waals surface area contributed by atoms with Crippen molar-refractivity contribution in [2.45, 2.75) is 59.2 Å². The highest BCUT2D eigenvalue weighted by molar-refractivity contribution is 7.92. The minimum Gasteiger partial charge on any atom is -0.454 e. The number of ether oxygens (including phenoxy) is 2. The van der Waals surface area contributed by atoms with E-state index in [1.165, 1.54) is 11.8 Å². The minimum atomic E-state index is -3.88. The number of hydrogen-bond donors (Lipinski definition) is 1. The molecular formula is C32H39N3O6S. The zero-order valence-corrected chi connectivity index (χ0v) is 25.6. The Balaban J connectivity index is 1.75. The van der Waals surface area contributed by atoms with Gasteiger partial charge in [-0.3, -0.25) is 13.9 Å². The van der Waals surface area contributed by atoms with Gasteiger partial charge in [0.25, 0.3) is 0 Å². The van der Waals surface area contributed by atoms with Gasteiger partial charge in [-0.2, -0.15) is 0 Å². The molecule has 4 rings (SSSR count). The normalized spacial score (nSPS) is 13.4. The van der Waals surface area contributed by atoms with Crippen LogP contribution in [0.1, 0.15) is 44.4 Å². The highest BCUT2D eigenvalue weighted by Crippen LogP contribution is 2.36. The Hall–Kier alpha value is -4.05. The number of aryl methyl sites for hydroxylation is 1. The number of carbonyl (C=O) groups excluding carboxylic acids is 2. The number of anilines is 1. The van der Waals surface area contributed by atoms with Crippen molar-refractivity contribution in [1.29, 1.82) is 0 Å². The average Bonchev–Trinajstić information content (AvgIpc) is 3.42. The van der Waals surface area contributed by atoms with Crippen LogP contribution in [0, 0.1) is 6.92 Å². The van der Waals surface area contributed by atoms with Gasteiger partial charge in [0, 0.05) is 24.6 Å². The van der Waals surface area contributed by atoms with E-state index in [9.17, 15) is 18.0 Å². The molecule has 0 radical (unpaired) electrons. The van der Waals surface area contributed by atoms with Crippen molar-refractivity contribution >= 4 is 27.5 Å². The Kier molecular flexibility index (Phi) is 9.46. The Morgan fingerprint density at radius 2 is 1.60 bits per heavy atom. The van der Waals surface area contributed by atoms with Crippen LogP contribution in [0.2, 0.25) is 0 Å². The maximum atomic E-state index is 14.3. The van der Waals surface area contributed by atoms with E-state index in [0.717, 1.165) is 21.0 Å². The summed E-state index contributed by atoms with van der Waals surface area (Å²) in [5.74, 6) is -0.138. The molecule has 2 amide bonds. The molecule has 0 unspecified atom stereocenters. The van der Waals surface area contributed by atoms with Gasteiger partial charge in [-0.05, 0) is 57.9 Å². The maximum Gasteiger partial charge on any atom is 0.244 e. The summed E-state index contributed by atoms with van der Waals surface area (Å²) in [4.78, 5) is 29.6. The lowest BCUT2D eigenvalue weighted by Crippen LogP contribution is -2.56. The first kappa shape index (κ1) is 30.9. The van der Waals surface area contributed by atoms with E-state index < -0.39 is 34.1 Å². The third-order valence-electron chi connectivity index (χ3n) is 6.87. The summed E-state index contributed by atoms with van der Waals surface area (Å²) in [5.41, 5.74) is 2.49. The van der Waals surface area contributed by atoms with Crippen molar-refractivity contribution in [2.75, 3.05) is 23.4 Å². The molecular weight excluding hydrogens is 554 g/mol. The molecule has 1 heterocycles. The third kappa shape index (κ3) is 7.82. The number of fused-ring (bicyclic) bond motifs is 1. The van der Waals surface area contributed by atoms with E-state index in [1.54, 1.807) is 18.2 Å². The fourth-order valence-electron chi connectivity index (χ4n) is 4.66. The molecule has 1 atom stereocenters. The first-order chi connectivity index (χ1) is 19.9. The van der Waals surface area contributed by atoms with Crippen molar-refractivity contribution in [3.05, 3.63) is 89.5 Å². The zero-order chi connectivity index (χ0) is 30.5. The van der Waals surface area contributed by atoms with Gasteiger partial charge in [0.05, 0.1) is 11.4 Å². The van der Waals surface area contributed by atoms with E-state index in [-0.39, 0.29) is 37.1 Å². The molecule has 0 bridgehead atoms. The van der Waals surface area contributed by atoms with Gasteiger partial charge in [-0.15, -0.1) is 0 Å². The molecule has 224 valence electrons.